The maximum atomic E-state index is 13.7. The third-order valence-electron chi connectivity index (χ3n) is 5.88. The standard InChI is InChI=1S/C31H35N2O3P/c1-31(2,3)36-30(35)33-23-15-7-14-22-28(34)29(24-32)37(25-16-8-4-9-17-25,26-18-10-5-11-19-26)27-20-12-6-13-21-27/h4-6,8-13,16-21H,7,14-15,22-23H2,1-3H3,(H,33,35). The molecule has 0 saturated heterocycles. The van der Waals surface area contributed by atoms with Crippen LogP contribution in [0, 0.1) is 11.3 Å². The minimum atomic E-state index is -2.68. The minimum Gasteiger partial charge on any atom is -0.444 e. The number of unbranched alkanes of at least 4 members (excludes halogenated alkanes) is 2. The molecule has 0 unspecified atom stereocenters. The summed E-state index contributed by atoms with van der Waals surface area (Å²) in [6.07, 6.45) is 1.97. The average Bonchev–Trinajstić information content (AvgIpc) is 2.89. The van der Waals surface area contributed by atoms with Crippen molar-refractivity contribution in [3.8, 4) is 6.07 Å². The first-order chi connectivity index (χ1) is 17.8. The van der Waals surface area contributed by atoms with Crippen molar-refractivity contribution in [1.29, 1.82) is 5.26 Å². The summed E-state index contributed by atoms with van der Waals surface area (Å²) in [4.78, 5) is 25.5. The summed E-state index contributed by atoms with van der Waals surface area (Å²) in [7, 11) is 0. The molecule has 3 aromatic carbocycles. The Hall–Kier alpha value is -3.61. The lowest BCUT2D eigenvalue weighted by atomic mass is 10.1. The number of ketones is 1. The molecule has 192 valence electrons. The maximum absolute atomic E-state index is 13.7. The van der Waals surface area contributed by atoms with Gasteiger partial charge in [0.2, 0.25) is 0 Å². The minimum absolute atomic E-state index is 0.118. The monoisotopic (exact) mass is 514 g/mol. The van der Waals surface area contributed by atoms with E-state index in [1.165, 1.54) is 0 Å². The highest BCUT2D eigenvalue weighted by Gasteiger charge is 2.32. The summed E-state index contributed by atoms with van der Waals surface area (Å²) >= 11 is 0. The first-order valence-corrected chi connectivity index (χ1v) is 14.4. The van der Waals surface area contributed by atoms with Crippen LogP contribution in [-0.2, 0) is 9.53 Å². The summed E-state index contributed by atoms with van der Waals surface area (Å²) < 4.78 is 5.25. The maximum Gasteiger partial charge on any atom is 0.407 e. The second kappa shape index (κ2) is 13.1. The predicted octanol–water partition coefficient (Wildman–Crippen LogP) is 5.33. The van der Waals surface area contributed by atoms with Crippen LogP contribution in [0.15, 0.2) is 91.0 Å². The molecule has 37 heavy (non-hydrogen) atoms. The third-order valence-corrected chi connectivity index (χ3v) is 10.1. The number of nitrogens with zero attached hydrogens (tertiary/aromatic N) is 1. The van der Waals surface area contributed by atoms with E-state index in [-0.39, 0.29) is 12.2 Å². The number of carbonyl (C=O) groups excluding carboxylic acids is 2. The summed E-state index contributed by atoms with van der Waals surface area (Å²) in [5.74, 6) is -0.118. The third kappa shape index (κ3) is 7.21. The summed E-state index contributed by atoms with van der Waals surface area (Å²) in [6.45, 7) is 3.27. The molecule has 0 spiro atoms. The molecule has 0 aliphatic rings. The fourth-order valence-corrected chi connectivity index (χ4v) is 8.49. The highest BCUT2D eigenvalue weighted by molar-refractivity contribution is 7.96. The molecule has 1 N–H and O–H groups in total. The van der Waals surface area contributed by atoms with Crippen LogP contribution in [0.1, 0.15) is 46.5 Å². The van der Waals surface area contributed by atoms with Gasteiger partial charge in [0.1, 0.15) is 17.0 Å². The Bertz CT molecular complexity index is 1170. The molecular formula is C31H35N2O3P. The Balaban J connectivity index is 1.90. The second-order valence-electron chi connectivity index (χ2n) is 9.80. The van der Waals surface area contributed by atoms with Crippen molar-refractivity contribution in [3.05, 3.63) is 91.0 Å². The SMILES string of the molecule is CC(C)(C)OC(=O)NCCCCCC(=O)C(C#N)=P(c1ccccc1)(c1ccccc1)c1ccccc1. The molecule has 0 saturated carbocycles. The molecular weight excluding hydrogens is 479 g/mol. The lowest BCUT2D eigenvalue weighted by molar-refractivity contribution is -0.112. The number of carbonyl (C=O) groups is 2. The van der Waals surface area contributed by atoms with E-state index in [9.17, 15) is 14.9 Å². The molecule has 0 aliphatic carbocycles. The number of rotatable bonds is 10. The van der Waals surface area contributed by atoms with Gasteiger partial charge < -0.3 is 10.1 Å². The summed E-state index contributed by atoms with van der Waals surface area (Å²) in [5, 5.41) is 16.5. The molecule has 0 bridgehead atoms. The van der Waals surface area contributed by atoms with Crippen molar-refractivity contribution < 1.29 is 14.3 Å². The Kier molecular flexibility index (Phi) is 9.89. The Morgan fingerprint density at radius 3 is 1.65 bits per heavy atom. The lowest BCUT2D eigenvalue weighted by Gasteiger charge is -2.30. The summed E-state index contributed by atoms with van der Waals surface area (Å²) in [6, 6.07) is 32.2. The van der Waals surface area contributed by atoms with Gasteiger partial charge in [-0.2, -0.15) is 5.26 Å². The zero-order chi connectivity index (χ0) is 26.7. The van der Waals surface area contributed by atoms with Gasteiger partial charge in [-0.25, -0.2) is 4.79 Å². The van der Waals surface area contributed by atoms with E-state index in [1.54, 1.807) is 0 Å². The number of nitrogens with one attached hydrogen (secondary N) is 1. The average molecular weight is 515 g/mol. The molecule has 0 fully saturated rings. The number of hydrogen-bond donors (Lipinski definition) is 1. The first-order valence-electron chi connectivity index (χ1n) is 12.6. The normalized spacial score (nSPS) is 11.3. The van der Waals surface area contributed by atoms with Gasteiger partial charge in [0.15, 0.2) is 5.78 Å². The number of ether oxygens (including phenoxy) is 1. The Labute approximate surface area is 220 Å². The van der Waals surface area contributed by atoms with Crippen LogP contribution in [0.4, 0.5) is 4.79 Å². The molecule has 0 aliphatic heterocycles. The van der Waals surface area contributed by atoms with Gasteiger partial charge in [0.25, 0.3) is 0 Å². The van der Waals surface area contributed by atoms with Crippen molar-refractivity contribution in [2.45, 2.75) is 52.1 Å². The largest absolute Gasteiger partial charge is 0.444 e. The van der Waals surface area contributed by atoms with Gasteiger partial charge in [0, 0.05) is 13.0 Å². The highest BCUT2D eigenvalue weighted by Crippen LogP contribution is 2.46. The number of benzene rings is 3. The lowest BCUT2D eigenvalue weighted by Crippen LogP contribution is -2.33. The van der Waals surface area contributed by atoms with Gasteiger partial charge in [0.05, 0.1) is 0 Å². The van der Waals surface area contributed by atoms with Crippen LogP contribution in [0.3, 0.4) is 0 Å². The van der Waals surface area contributed by atoms with Crippen molar-refractivity contribution >= 4 is 40.0 Å². The molecule has 3 aromatic rings. The van der Waals surface area contributed by atoms with Gasteiger partial charge in [-0.15, -0.1) is 0 Å². The van der Waals surface area contributed by atoms with E-state index in [4.69, 9.17) is 4.74 Å². The Morgan fingerprint density at radius 1 is 0.784 bits per heavy atom. The molecule has 6 heteroatoms. The van der Waals surface area contributed by atoms with Gasteiger partial charge in [-0.3, -0.25) is 4.79 Å². The van der Waals surface area contributed by atoms with E-state index < -0.39 is 18.6 Å². The molecule has 0 atom stereocenters. The molecule has 0 heterocycles. The highest BCUT2D eigenvalue weighted by atomic mass is 31.2. The van der Waals surface area contributed by atoms with Crippen molar-refractivity contribution in [2.75, 3.05) is 6.54 Å². The van der Waals surface area contributed by atoms with E-state index in [0.717, 1.165) is 28.8 Å². The van der Waals surface area contributed by atoms with Gasteiger partial charge in [-0.05, 0) is 56.4 Å². The van der Waals surface area contributed by atoms with E-state index >= 15 is 0 Å². The zero-order valence-corrected chi connectivity index (χ0v) is 22.7. The number of amides is 1. The smallest absolute Gasteiger partial charge is 0.407 e. The summed E-state index contributed by atoms with van der Waals surface area (Å²) in [5.41, 5.74) is -0.536. The quantitative estimate of drug-likeness (QED) is 0.293. The van der Waals surface area contributed by atoms with Crippen LogP contribution in [-0.4, -0.2) is 29.3 Å². The fraction of sp³-hybridized carbons (Fsp3) is 0.290. The van der Waals surface area contributed by atoms with E-state index in [0.29, 0.717) is 18.3 Å². The van der Waals surface area contributed by atoms with Crippen LogP contribution in [0.5, 0.6) is 0 Å². The van der Waals surface area contributed by atoms with Crippen molar-refractivity contribution in [1.82, 2.24) is 5.32 Å². The molecule has 5 nitrogen and oxygen atoms in total. The molecule has 1 amide bonds. The Morgan fingerprint density at radius 2 is 1.24 bits per heavy atom. The van der Waals surface area contributed by atoms with E-state index in [2.05, 4.69) is 11.4 Å². The van der Waals surface area contributed by atoms with Crippen LogP contribution in [0.2, 0.25) is 0 Å². The van der Waals surface area contributed by atoms with Gasteiger partial charge >= 0.3 is 6.09 Å². The van der Waals surface area contributed by atoms with E-state index in [1.807, 2.05) is 112 Å². The number of Topliss-reactive ketones (excluding diaryl/α,β-unsaturated/α-hetero) is 1. The number of nitriles is 1. The van der Waals surface area contributed by atoms with Crippen molar-refractivity contribution in [2.24, 2.45) is 0 Å². The van der Waals surface area contributed by atoms with Crippen LogP contribution >= 0.6 is 6.89 Å². The molecule has 3 rings (SSSR count). The topological polar surface area (TPSA) is 79.2 Å². The van der Waals surface area contributed by atoms with Gasteiger partial charge in [-0.1, -0.05) is 97.4 Å². The number of alkyl carbamates (subject to hydrolysis) is 1. The zero-order valence-electron chi connectivity index (χ0n) is 21.8. The predicted molar refractivity (Wildman–Crippen MR) is 153 cm³/mol. The van der Waals surface area contributed by atoms with Crippen molar-refractivity contribution in [3.63, 3.8) is 0 Å². The number of hydrogen-bond acceptors (Lipinski definition) is 4. The molecule has 0 aromatic heterocycles. The molecule has 0 radical (unpaired) electrons. The fourth-order valence-electron chi connectivity index (χ4n) is 4.32. The second-order valence-corrected chi connectivity index (χ2v) is 13.1. The van der Waals surface area contributed by atoms with Crippen LogP contribution in [0.25, 0.3) is 0 Å². The van der Waals surface area contributed by atoms with Crippen LogP contribution < -0.4 is 21.2 Å². The first kappa shape index (κ1) is 28.0.